The lowest BCUT2D eigenvalue weighted by atomic mass is 10.3. The van der Waals surface area contributed by atoms with Gasteiger partial charge in [0.25, 0.3) is 0 Å². The van der Waals surface area contributed by atoms with E-state index in [1.54, 1.807) is 27.0 Å². The number of sulfone groups is 1. The number of aromatic nitrogens is 1. The summed E-state index contributed by atoms with van der Waals surface area (Å²) in [5.41, 5.74) is 0. The smallest absolute Gasteiger partial charge is 0.211 e. The first-order valence-corrected chi connectivity index (χ1v) is 7.67. The fraction of sp³-hybridized carbons (Fsp3) is 0.750. The minimum absolute atomic E-state index is 0.0890. The molecule has 0 aliphatic carbocycles. The van der Waals surface area contributed by atoms with Crippen molar-refractivity contribution in [2.45, 2.75) is 45.4 Å². The van der Waals surface area contributed by atoms with Crippen LogP contribution in [0.1, 0.15) is 45.4 Å². The molecule has 0 aliphatic heterocycles. The van der Waals surface area contributed by atoms with Crippen molar-refractivity contribution in [1.82, 2.24) is 10.3 Å². The van der Waals surface area contributed by atoms with E-state index in [2.05, 4.69) is 10.3 Å². The lowest BCUT2D eigenvalue weighted by Gasteiger charge is -2.19. The van der Waals surface area contributed by atoms with Crippen LogP contribution >= 0.6 is 0 Å². The first-order valence-electron chi connectivity index (χ1n) is 6.01. The maximum Gasteiger partial charge on any atom is 0.211 e. The first-order chi connectivity index (χ1) is 8.13. The number of nitrogens with zero attached hydrogens (tertiary/aromatic N) is 1. The van der Waals surface area contributed by atoms with Crippen molar-refractivity contribution in [3.63, 3.8) is 0 Å². The van der Waals surface area contributed by atoms with Crippen LogP contribution in [-0.2, 0) is 9.84 Å². The first kappa shape index (κ1) is 15.2. The maximum atomic E-state index is 11.9. The van der Waals surface area contributed by atoms with E-state index in [0.717, 1.165) is 5.76 Å². The topological polar surface area (TPSA) is 72.2 Å². The summed E-state index contributed by atoms with van der Waals surface area (Å²) in [7, 11) is -3.08. The van der Waals surface area contributed by atoms with E-state index in [9.17, 15) is 8.42 Å². The summed E-state index contributed by atoms with van der Waals surface area (Å²) in [4.78, 5) is 4.10. The standard InChI is InChI=1S/C12H22N2O3S/c1-9-8-14-11(17-9)10(2)13-6-7-18(15,16)12(3,4)5/h8,10,13H,6-7H2,1-5H3. The van der Waals surface area contributed by atoms with Gasteiger partial charge in [-0.15, -0.1) is 0 Å². The molecule has 1 aromatic rings. The lowest BCUT2D eigenvalue weighted by Crippen LogP contribution is -2.35. The average Bonchev–Trinajstić information content (AvgIpc) is 2.62. The SMILES string of the molecule is Cc1cnc(C(C)NCCS(=O)(=O)C(C)(C)C)o1. The molecule has 0 bridgehead atoms. The number of hydrogen-bond donors (Lipinski definition) is 1. The Bertz CT molecular complexity index is 486. The van der Waals surface area contributed by atoms with Crippen molar-refractivity contribution < 1.29 is 12.8 Å². The highest BCUT2D eigenvalue weighted by Crippen LogP contribution is 2.16. The Morgan fingerprint density at radius 2 is 2.06 bits per heavy atom. The zero-order valence-electron chi connectivity index (χ0n) is 11.6. The van der Waals surface area contributed by atoms with Gasteiger partial charge in [-0.25, -0.2) is 13.4 Å². The van der Waals surface area contributed by atoms with Gasteiger partial charge in [0.1, 0.15) is 5.76 Å². The molecule has 1 aromatic heterocycles. The van der Waals surface area contributed by atoms with Crippen LogP contribution in [0.2, 0.25) is 0 Å². The van der Waals surface area contributed by atoms with Gasteiger partial charge < -0.3 is 9.73 Å². The third-order valence-corrected chi connectivity index (χ3v) is 5.37. The van der Waals surface area contributed by atoms with Crippen molar-refractivity contribution in [3.05, 3.63) is 17.8 Å². The molecule has 6 heteroatoms. The molecule has 0 saturated heterocycles. The zero-order valence-corrected chi connectivity index (χ0v) is 12.5. The molecule has 1 heterocycles. The van der Waals surface area contributed by atoms with Crippen molar-refractivity contribution in [1.29, 1.82) is 0 Å². The van der Waals surface area contributed by atoms with Gasteiger partial charge >= 0.3 is 0 Å². The summed E-state index contributed by atoms with van der Waals surface area (Å²) in [6, 6.07) is -0.0890. The van der Waals surface area contributed by atoms with Crippen LogP contribution < -0.4 is 5.32 Å². The molecule has 1 rings (SSSR count). The molecule has 0 amide bonds. The Hall–Kier alpha value is -0.880. The third kappa shape index (κ3) is 3.81. The highest BCUT2D eigenvalue weighted by Gasteiger charge is 2.28. The Morgan fingerprint density at radius 1 is 1.44 bits per heavy atom. The van der Waals surface area contributed by atoms with Gasteiger partial charge in [0, 0.05) is 6.54 Å². The molecule has 1 N–H and O–H groups in total. The normalized spacial score (nSPS) is 14.7. The predicted octanol–water partition coefficient (Wildman–Crippen LogP) is 1.85. The summed E-state index contributed by atoms with van der Waals surface area (Å²) in [6.45, 7) is 9.25. The fourth-order valence-corrected chi connectivity index (χ4v) is 2.37. The Balaban J connectivity index is 2.48. The highest BCUT2D eigenvalue weighted by atomic mass is 32.2. The molecule has 1 unspecified atom stereocenters. The lowest BCUT2D eigenvalue weighted by molar-refractivity contribution is 0.407. The van der Waals surface area contributed by atoms with Crippen LogP contribution in [0.4, 0.5) is 0 Å². The number of oxazole rings is 1. The molecule has 0 fully saturated rings. The monoisotopic (exact) mass is 274 g/mol. The van der Waals surface area contributed by atoms with Crippen LogP contribution in [0.3, 0.4) is 0 Å². The van der Waals surface area contributed by atoms with E-state index >= 15 is 0 Å². The number of nitrogens with one attached hydrogen (secondary N) is 1. The van der Waals surface area contributed by atoms with E-state index in [0.29, 0.717) is 12.4 Å². The van der Waals surface area contributed by atoms with Gasteiger partial charge in [-0.3, -0.25) is 0 Å². The Morgan fingerprint density at radius 3 is 2.50 bits per heavy atom. The molecule has 0 aromatic carbocycles. The minimum atomic E-state index is -3.08. The predicted molar refractivity (Wildman–Crippen MR) is 71.2 cm³/mol. The van der Waals surface area contributed by atoms with Gasteiger partial charge in [0.05, 0.1) is 22.7 Å². The number of aryl methyl sites for hydroxylation is 1. The molecule has 104 valence electrons. The van der Waals surface area contributed by atoms with Crippen molar-refractivity contribution in [2.24, 2.45) is 0 Å². The minimum Gasteiger partial charge on any atom is -0.444 e. The number of hydrogen-bond acceptors (Lipinski definition) is 5. The largest absolute Gasteiger partial charge is 0.444 e. The second kappa shape index (κ2) is 5.40. The Kier molecular flexibility index (Phi) is 4.55. The summed E-state index contributed by atoms with van der Waals surface area (Å²) in [5, 5.41) is 3.11. The van der Waals surface area contributed by atoms with Gasteiger partial charge in [0.2, 0.25) is 5.89 Å². The van der Waals surface area contributed by atoms with Gasteiger partial charge in [-0.2, -0.15) is 0 Å². The molecular formula is C12H22N2O3S. The maximum absolute atomic E-state index is 11.9. The summed E-state index contributed by atoms with van der Waals surface area (Å²) >= 11 is 0. The fourth-order valence-electron chi connectivity index (χ4n) is 1.38. The summed E-state index contributed by atoms with van der Waals surface area (Å²) in [5.74, 6) is 1.45. The second-order valence-electron chi connectivity index (χ2n) is 5.42. The molecule has 0 aliphatic rings. The summed E-state index contributed by atoms with van der Waals surface area (Å²) in [6.07, 6.45) is 1.65. The quantitative estimate of drug-likeness (QED) is 0.887. The van der Waals surface area contributed by atoms with Crippen LogP contribution in [-0.4, -0.2) is 30.4 Å². The molecule has 18 heavy (non-hydrogen) atoms. The highest BCUT2D eigenvalue weighted by molar-refractivity contribution is 7.92. The van der Waals surface area contributed by atoms with E-state index in [4.69, 9.17) is 4.42 Å². The van der Waals surface area contributed by atoms with Gasteiger partial charge in [-0.05, 0) is 34.6 Å². The van der Waals surface area contributed by atoms with Crippen molar-refractivity contribution in [2.75, 3.05) is 12.3 Å². The van der Waals surface area contributed by atoms with Crippen LogP contribution in [0.25, 0.3) is 0 Å². The van der Waals surface area contributed by atoms with E-state index in [1.165, 1.54) is 0 Å². The van der Waals surface area contributed by atoms with E-state index in [1.807, 2.05) is 13.8 Å². The molecule has 1 atom stereocenters. The Labute approximate surface area is 109 Å². The second-order valence-corrected chi connectivity index (χ2v) is 8.28. The zero-order chi connectivity index (χ0) is 14.0. The molecule has 0 spiro atoms. The average molecular weight is 274 g/mol. The molecule has 5 nitrogen and oxygen atoms in total. The van der Waals surface area contributed by atoms with Crippen molar-refractivity contribution in [3.8, 4) is 0 Å². The van der Waals surface area contributed by atoms with E-state index in [-0.39, 0.29) is 11.8 Å². The molecular weight excluding hydrogens is 252 g/mol. The van der Waals surface area contributed by atoms with Crippen LogP contribution in [0, 0.1) is 6.92 Å². The third-order valence-electron chi connectivity index (χ3n) is 2.76. The van der Waals surface area contributed by atoms with E-state index < -0.39 is 14.6 Å². The van der Waals surface area contributed by atoms with Gasteiger partial charge in [0.15, 0.2) is 9.84 Å². The van der Waals surface area contributed by atoms with Crippen LogP contribution in [0.5, 0.6) is 0 Å². The molecule has 0 radical (unpaired) electrons. The van der Waals surface area contributed by atoms with Gasteiger partial charge in [-0.1, -0.05) is 0 Å². The number of rotatable bonds is 5. The van der Waals surface area contributed by atoms with Crippen LogP contribution in [0.15, 0.2) is 10.6 Å². The molecule has 0 saturated carbocycles. The summed E-state index contributed by atoms with van der Waals surface area (Å²) < 4.78 is 28.5. The van der Waals surface area contributed by atoms with Crippen molar-refractivity contribution >= 4 is 9.84 Å².